The predicted octanol–water partition coefficient (Wildman–Crippen LogP) is 3.87. The maximum absolute atomic E-state index is 12.2. The first-order chi connectivity index (χ1) is 11.8. The van der Waals surface area contributed by atoms with Gasteiger partial charge in [-0.1, -0.05) is 17.3 Å². The third kappa shape index (κ3) is 2.93. The Hall–Kier alpha value is -2.95. The molecule has 120 valence electrons. The van der Waals surface area contributed by atoms with Crippen LogP contribution in [0.3, 0.4) is 0 Å². The number of benzene rings is 1. The van der Waals surface area contributed by atoms with Gasteiger partial charge in [0.05, 0.1) is 0 Å². The van der Waals surface area contributed by atoms with E-state index >= 15 is 0 Å². The van der Waals surface area contributed by atoms with E-state index in [1.807, 2.05) is 6.07 Å². The van der Waals surface area contributed by atoms with Crippen molar-refractivity contribution in [2.45, 2.75) is 25.7 Å². The van der Waals surface area contributed by atoms with Crippen LogP contribution in [0, 0.1) is 0 Å². The molecule has 1 amide bonds. The summed E-state index contributed by atoms with van der Waals surface area (Å²) in [5.41, 5.74) is 4.69. The molecular formula is C19H17N3O2. The number of amides is 1. The Morgan fingerprint density at radius 3 is 2.62 bits per heavy atom. The van der Waals surface area contributed by atoms with Gasteiger partial charge in [-0.15, -0.1) is 0 Å². The fourth-order valence-corrected chi connectivity index (χ4v) is 3.04. The van der Waals surface area contributed by atoms with Gasteiger partial charge in [-0.2, -0.15) is 0 Å². The average molecular weight is 319 g/mol. The number of hydrogen-bond donors (Lipinski definition) is 1. The highest BCUT2D eigenvalue weighted by Crippen LogP contribution is 2.28. The Bertz CT molecular complexity index is 871. The monoisotopic (exact) mass is 319 g/mol. The maximum atomic E-state index is 12.2. The van der Waals surface area contributed by atoms with Crippen molar-refractivity contribution in [1.82, 2.24) is 10.1 Å². The Morgan fingerprint density at radius 2 is 1.79 bits per heavy atom. The van der Waals surface area contributed by atoms with Gasteiger partial charge in [-0.25, -0.2) is 0 Å². The number of rotatable bonds is 3. The summed E-state index contributed by atoms with van der Waals surface area (Å²) < 4.78 is 5.38. The number of nitrogens with zero attached hydrogens (tertiary/aromatic N) is 2. The summed E-state index contributed by atoms with van der Waals surface area (Å²) in [7, 11) is 0. The van der Waals surface area contributed by atoms with Gasteiger partial charge in [0.15, 0.2) is 11.5 Å². The van der Waals surface area contributed by atoms with Crippen molar-refractivity contribution in [3.63, 3.8) is 0 Å². The number of hydrogen-bond acceptors (Lipinski definition) is 4. The third-order valence-corrected chi connectivity index (χ3v) is 4.31. The Balaban J connectivity index is 1.55. The van der Waals surface area contributed by atoms with Crippen LogP contribution in [0.25, 0.3) is 11.3 Å². The average Bonchev–Trinajstić information content (AvgIpc) is 3.12. The van der Waals surface area contributed by atoms with E-state index in [2.05, 4.69) is 27.6 Å². The molecule has 2 aromatic heterocycles. The lowest BCUT2D eigenvalue weighted by molar-refractivity contribution is 0.101. The molecule has 0 saturated carbocycles. The molecular weight excluding hydrogens is 302 g/mol. The molecule has 5 heteroatoms. The number of anilines is 1. The van der Waals surface area contributed by atoms with Crippen molar-refractivity contribution >= 4 is 11.6 Å². The van der Waals surface area contributed by atoms with Crippen LogP contribution in [0.5, 0.6) is 0 Å². The lowest BCUT2D eigenvalue weighted by Crippen LogP contribution is -2.11. The van der Waals surface area contributed by atoms with E-state index in [-0.39, 0.29) is 11.6 Å². The number of nitrogens with one attached hydrogen (secondary N) is 1. The number of fused-ring (bicyclic) bond motifs is 1. The first-order valence-corrected chi connectivity index (χ1v) is 8.10. The zero-order valence-corrected chi connectivity index (χ0v) is 13.2. The Kier molecular flexibility index (Phi) is 3.83. The molecule has 0 spiro atoms. The summed E-state index contributed by atoms with van der Waals surface area (Å²) in [5.74, 6) is 0.317. The van der Waals surface area contributed by atoms with Crippen LogP contribution in [-0.4, -0.2) is 16.0 Å². The molecule has 0 saturated heterocycles. The molecule has 3 aromatic rings. The van der Waals surface area contributed by atoms with Crippen molar-refractivity contribution in [3.8, 4) is 11.3 Å². The highest BCUT2D eigenvalue weighted by Gasteiger charge is 2.16. The molecule has 5 nitrogen and oxygen atoms in total. The van der Waals surface area contributed by atoms with E-state index in [1.54, 1.807) is 30.6 Å². The van der Waals surface area contributed by atoms with E-state index in [0.29, 0.717) is 11.4 Å². The van der Waals surface area contributed by atoms with E-state index in [1.165, 1.54) is 24.0 Å². The van der Waals surface area contributed by atoms with Gasteiger partial charge in [0.1, 0.15) is 0 Å². The van der Waals surface area contributed by atoms with Crippen molar-refractivity contribution in [3.05, 3.63) is 65.6 Å². The summed E-state index contributed by atoms with van der Waals surface area (Å²) in [6, 6.07) is 11.5. The van der Waals surface area contributed by atoms with Crippen molar-refractivity contribution in [2.75, 3.05) is 5.32 Å². The van der Waals surface area contributed by atoms with Gasteiger partial charge in [-0.05, 0) is 55.0 Å². The Labute approximate surface area is 139 Å². The second kappa shape index (κ2) is 6.28. The van der Waals surface area contributed by atoms with Crippen LogP contribution >= 0.6 is 0 Å². The molecule has 0 fully saturated rings. The normalized spacial score (nSPS) is 13.3. The maximum Gasteiger partial charge on any atom is 0.277 e. The number of aromatic nitrogens is 2. The van der Waals surface area contributed by atoms with Crippen LogP contribution < -0.4 is 5.32 Å². The molecule has 1 aliphatic rings. The summed E-state index contributed by atoms with van der Waals surface area (Å²) in [5, 5.41) is 6.67. The van der Waals surface area contributed by atoms with Crippen LogP contribution in [0.2, 0.25) is 0 Å². The van der Waals surface area contributed by atoms with Crippen LogP contribution in [0.4, 0.5) is 5.69 Å². The summed E-state index contributed by atoms with van der Waals surface area (Å²) in [6.45, 7) is 0. The van der Waals surface area contributed by atoms with Gasteiger partial charge < -0.3 is 9.84 Å². The fraction of sp³-hybridized carbons (Fsp3) is 0.211. The summed E-state index contributed by atoms with van der Waals surface area (Å²) in [4.78, 5) is 16.2. The number of pyridine rings is 1. The predicted molar refractivity (Wildman–Crippen MR) is 90.8 cm³/mol. The molecule has 0 radical (unpaired) electrons. The van der Waals surface area contributed by atoms with Gasteiger partial charge >= 0.3 is 0 Å². The van der Waals surface area contributed by atoms with Crippen LogP contribution in [-0.2, 0) is 12.8 Å². The zero-order valence-electron chi connectivity index (χ0n) is 13.2. The Morgan fingerprint density at radius 1 is 1.00 bits per heavy atom. The minimum absolute atomic E-state index is 0.263. The van der Waals surface area contributed by atoms with Gasteiger partial charge in [0.2, 0.25) is 0 Å². The molecule has 4 rings (SSSR count). The second-order valence-corrected chi connectivity index (χ2v) is 5.96. The van der Waals surface area contributed by atoms with Gasteiger partial charge in [0.25, 0.3) is 5.91 Å². The molecule has 1 aliphatic carbocycles. The van der Waals surface area contributed by atoms with E-state index in [0.717, 1.165) is 18.4 Å². The minimum Gasteiger partial charge on any atom is -0.355 e. The number of carbonyl (C=O) groups excluding carboxylic acids is 1. The quantitative estimate of drug-likeness (QED) is 0.796. The molecule has 0 unspecified atom stereocenters. The van der Waals surface area contributed by atoms with Gasteiger partial charge in [-0.3, -0.25) is 9.78 Å². The minimum atomic E-state index is -0.297. The SMILES string of the molecule is O=C(Nc1ccncc1)c1cc(-c2ccc3c(c2)CCCC3)on1. The topological polar surface area (TPSA) is 68.0 Å². The van der Waals surface area contributed by atoms with Crippen LogP contribution in [0.1, 0.15) is 34.5 Å². The molecule has 0 aliphatic heterocycles. The smallest absolute Gasteiger partial charge is 0.277 e. The van der Waals surface area contributed by atoms with E-state index in [9.17, 15) is 4.79 Å². The lowest BCUT2D eigenvalue weighted by atomic mass is 9.90. The zero-order chi connectivity index (χ0) is 16.4. The molecule has 0 bridgehead atoms. The first-order valence-electron chi connectivity index (χ1n) is 8.10. The third-order valence-electron chi connectivity index (χ3n) is 4.31. The summed E-state index contributed by atoms with van der Waals surface area (Å²) in [6.07, 6.45) is 7.98. The highest BCUT2D eigenvalue weighted by atomic mass is 16.5. The molecule has 1 N–H and O–H groups in total. The van der Waals surface area contributed by atoms with Gasteiger partial charge in [0, 0.05) is 29.7 Å². The first kappa shape index (κ1) is 14.6. The van der Waals surface area contributed by atoms with Crippen LogP contribution in [0.15, 0.2) is 53.3 Å². The highest BCUT2D eigenvalue weighted by molar-refractivity contribution is 6.03. The number of aryl methyl sites for hydroxylation is 2. The molecule has 0 atom stereocenters. The standard InChI is InChI=1S/C19H17N3O2/c23-19(21-16-7-9-20-10-8-16)17-12-18(24-22-17)15-6-5-13-3-1-2-4-14(13)11-15/h5-12H,1-4H2,(H,20,21,23). The van der Waals surface area contributed by atoms with E-state index in [4.69, 9.17) is 4.52 Å². The second-order valence-electron chi connectivity index (χ2n) is 5.96. The molecule has 1 aromatic carbocycles. The lowest BCUT2D eigenvalue weighted by Gasteiger charge is -2.15. The summed E-state index contributed by atoms with van der Waals surface area (Å²) >= 11 is 0. The van der Waals surface area contributed by atoms with Crippen molar-refractivity contribution < 1.29 is 9.32 Å². The van der Waals surface area contributed by atoms with E-state index < -0.39 is 0 Å². The number of carbonyl (C=O) groups is 1. The van der Waals surface area contributed by atoms with Crippen molar-refractivity contribution in [1.29, 1.82) is 0 Å². The fourth-order valence-electron chi connectivity index (χ4n) is 3.04. The molecule has 2 heterocycles. The largest absolute Gasteiger partial charge is 0.355 e. The molecule has 24 heavy (non-hydrogen) atoms. The van der Waals surface area contributed by atoms with Crippen molar-refractivity contribution in [2.24, 2.45) is 0 Å².